The average molecular weight is 235 g/mol. The molecule has 0 bridgehead atoms. The Morgan fingerprint density at radius 3 is 2.59 bits per heavy atom. The van der Waals surface area contributed by atoms with Gasteiger partial charge < -0.3 is 10.5 Å². The molecule has 1 aromatic rings. The molecular weight excluding hydrogens is 214 g/mol. The maximum absolute atomic E-state index is 11.5. The third-order valence-electron chi connectivity index (χ3n) is 2.63. The molecule has 0 unspecified atom stereocenters. The van der Waals surface area contributed by atoms with Crippen LogP contribution in [0.3, 0.4) is 0 Å². The van der Waals surface area contributed by atoms with E-state index in [1.807, 2.05) is 6.07 Å². The molecule has 3 heteroatoms. The number of carbonyl (C=O) groups excluding carboxylic acids is 1. The molecule has 1 aromatic carbocycles. The quantitative estimate of drug-likeness (QED) is 0.340. The standard InChI is InChI=1S/C14H21NO2/c1-2-3-4-5-6-11-14(16)17-13-10-8-7-9-12(13)15/h7-10H,2-6,11,15H2,1H3. The Kier molecular flexibility index (Phi) is 6.15. The van der Waals surface area contributed by atoms with Gasteiger partial charge in [-0.1, -0.05) is 44.7 Å². The average Bonchev–Trinajstić information content (AvgIpc) is 2.32. The number of hydrogen-bond acceptors (Lipinski definition) is 3. The van der Waals surface area contributed by atoms with Gasteiger partial charge in [0.05, 0.1) is 5.69 Å². The molecule has 0 radical (unpaired) electrons. The molecule has 3 nitrogen and oxygen atoms in total. The zero-order valence-corrected chi connectivity index (χ0v) is 10.4. The number of unbranched alkanes of at least 4 members (excludes halogenated alkanes) is 4. The summed E-state index contributed by atoms with van der Waals surface area (Å²) in [4.78, 5) is 11.5. The van der Waals surface area contributed by atoms with Gasteiger partial charge >= 0.3 is 5.97 Å². The summed E-state index contributed by atoms with van der Waals surface area (Å²) >= 11 is 0. The lowest BCUT2D eigenvalue weighted by Gasteiger charge is -2.06. The number of carbonyl (C=O) groups is 1. The third kappa shape index (κ3) is 5.38. The first-order valence-electron chi connectivity index (χ1n) is 6.29. The molecule has 0 fully saturated rings. The van der Waals surface area contributed by atoms with Crippen LogP contribution in [0.2, 0.25) is 0 Å². The molecule has 94 valence electrons. The van der Waals surface area contributed by atoms with Gasteiger partial charge in [0.1, 0.15) is 0 Å². The molecule has 0 amide bonds. The van der Waals surface area contributed by atoms with Crippen molar-refractivity contribution in [3.8, 4) is 5.75 Å². The Hall–Kier alpha value is -1.51. The number of nitrogens with two attached hydrogens (primary N) is 1. The number of esters is 1. The van der Waals surface area contributed by atoms with E-state index >= 15 is 0 Å². The highest BCUT2D eigenvalue weighted by Crippen LogP contribution is 2.20. The second-order valence-corrected chi connectivity index (χ2v) is 4.18. The summed E-state index contributed by atoms with van der Waals surface area (Å²) < 4.78 is 5.19. The Labute approximate surface area is 103 Å². The van der Waals surface area contributed by atoms with Crippen molar-refractivity contribution in [1.29, 1.82) is 0 Å². The van der Waals surface area contributed by atoms with E-state index in [0.29, 0.717) is 17.9 Å². The largest absolute Gasteiger partial charge is 0.424 e. The van der Waals surface area contributed by atoms with E-state index in [1.165, 1.54) is 19.3 Å². The highest BCUT2D eigenvalue weighted by Gasteiger charge is 2.06. The summed E-state index contributed by atoms with van der Waals surface area (Å²) in [5, 5.41) is 0. The minimum Gasteiger partial charge on any atom is -0.424 e. The fourth-order valence-corrected chi connectivity index (χ4v) is 1.62. The lowest BCUT2D eigenvalue weighted by Crippen LogP contribution is -2.08. The van der Waals surface area contributed by atoms with Crippen molar-refractivity contribution in [2.24, 2.45) is 0 Å². The van der Waals surface area contributed by atoms with E-state index < -0.39 is 0 Å². The van der Waals surface area contributed by atoms with E-state index in [-0.39, 0.29) is 5.97 Å². The molecule has 0 saturated heterocycles. The first-order valence-corrected chi connectivity index (χ1v) is 6.29. The predicted octanol–water partition coefficient (Wildman–Crippen LogP) is 3.53. The molecule has 0 aliphatic heterocycles. The van der Waals surface area contributed by atoms with Gasteiger partial charge in [0.2, 0.25) is 0 Å². The van der Waals surface area contributed by atoms with E-state index in [1.54, 1.807) is 18.2 Å². The van der Waals surface area contributed by atoms with Crippen molar-refractivity contribution in [2.75, 3.05) is 5.73 Å². The maximum Gasteiger partial charge on any atom is 0.311 e. The summed E-state index contributed by atoms with van der Waals surface area (Å²) in [5.41, 5.74) is 6.19. The van der Waals surface area contributed by atoms with Crippen LogP contribution in [-0.2, 0) is 4.79 Å². The smallest absolute Gasteiger partial charge is 0.311 e. The van der Waals surface area contributed by atoms with Crippen molar-refractivity contribution in [3.63, 3.8) is 0 Å². The molecule has 0 atom stereocenters. The number of rotatable bonds is 7. The summed E-state index contributed by atoms with van der Waals surface area (Å²) in [5.74, 6) is 0.269. The Balaban J connectivity index is 2.23. The van der Waals surface area contributed by atoms with Crippen LogP contribution < -0.4 is 10.5 Å². The minimum atomic E-state index is -0.195. The number of nitrogen functional groups attached to an aromatic ring is 1. The molecule has 0 aliphatic carbocycles. The second kappa shape index (κ2) is 7.71. The Bertz CT molecular complexity index is 350. The zero-order chi connectivity index (χ0) is 12.5. The van der Waals surface area contributed by atoms with Gasteiger partial charge in [-0.25, -0.2) is 0 Å². The highest BCUT2D eigenvalue weighted by atomic mass is 16.5. The zero-order valence-electron chi connectivity index (χ0n) is 10.4. The maximum atomic E-state index is 11.5. The van der Waals surface area contributed by atoms with Crippen molar-refractivity contribution >= 4 is 11.7 Å². The van der Waals surface area contributed by atoms with Gasteiger partial charge in [-0.15, -0.1) is 0 Å². The van der Waals surface area contributed by atoms with Gasteiger partial charge in [-0.3, -0.25) is 4.79 Å². The lowest BCUT2D eigenvalue weighted by atomic mass is 10.1. The third-order valence-corrected chi connectivity index (χ3v) is 2.63. The van der Waals surface area contributed by atoms with Crippen molar-refractivity contribution in [1.82, 2.24) is 0 Å². The van der Waals surface area contributed by atoms with Gasteiger partial charge in [0, 0.05) is 6.42 Å². The normalized spacial score (nSPS) is 10.2. The Morgan fingerprint density at radius 2 is 1.88 bits per heavy atom. The van der Waals surface area contributed by atoms with Gasteiger partial charge in [-0.2, -0.15) is 0 Å². The monoisotopic (exact) mass is 235 g/mol. The molecule has 0 spiro atoms. The highest BCUT2D eigenvalue weighted by molar-refractivity contribution is 5.74. The lowest BCUT2D eigenvalue weighted by molar-refractivity contribution is -0.134. The molecule has 0 saturated carbocycles. The number of hydrogen-bond donors (Lipinski definition) is 1. The fourth-order valence-electron chi connectivity index (χ4n) is 1.62. The molecule has 0 aromatic heterocycles. The van der Waals surface area contributed by atoms with Crippen LogP contribution in [0.25, 0.3) is 0 Å². The molecule has 2 N–H and O–H groups in total. The molecule has 0 heterocycles. The minimum absolute atomic E-state index is 0.195. The Morgan fingerprint density at radius 1 is 1.18 bits per heavy atom. The van der Waals surface area contributed by atoms with Crippen LogP contribution in [0.5, 0.6) is 5.75 Å². The van der Waals surface area contributed by atoms with E-state index in [9.17, 15) is 4.79 Å². The fraction of sp³-hybridized carbons (Fsp3) is 0.500. The number of ether oxygens (including phenoxy) is 1. The molecule has 1 rings (SSSR count). The van der Waals surface area contributed by atoms with Gasteiger partial charge in [0.25, 0.3) is 0 Å². The van der Waals surface area contributed by atoms with Crippen molar-refractivity contribution < 1.29 is 9.53 Å². The molecular formula is C14H21NO2. The predicted molar refractivity (Wildman–Crippen MR) is 69.9 cm³/mol. The van der Waals surface area contributed by atoms with E-state index in [0.717, 1.165) is 12.8 Å². The summed E-state index contributed by atoms with van der Waals surface area (Å²) in [7, 11) is 0. The van der Waals surface area contributed by atoms with Crippen LogP contribution in [0.4, 0.5) is 5.69 Å². The topological polar surface area (TPSA) is 52.3 Å². The van der Waals surface area contributed by atoms with Crippen LogP contribution in [0, 0.1) is 0 Å². The van der Waals surface area contributed by atoms with Crippen LogP contribution >= 0.6 is 0 Å². The SMILES string of the molecule is CCCCCCCC(=O)Oc1ccccc1N. The number of benzene rings is 1. The molecule has 0 aliphatic rings. The van der Waals surface area contributed by atoms with E-state index in [4.69, 9.17) is 10.5 Å². The van der Waals surface area contributed by atoms with Gasteiger partial charge in [-0.05, 0) is 18.6 Å². The second-order valence-electron chi connectivity index (χ2n) is 4.18. The number of anilines is 1. The first-order chi connectivity index (χ1) is 8.24. The summed E-state index contributed by atoms with van der Waals surface area (Å²) in [6.07, 6.45) is 6.10. The van der Waals surface area contributed by atoms with Gasteiger partial charge in [0.15, 0.2) is 5.75 Å². The first kappa shape index (κ1) is 13.6. The van der Waals surface area contributed by atoms with Crippen molar-refractivity contribution in [2.45, 2.75) is 45.4 Å². The summed E-state index contributed by atoms with van der Waals surface area (Å²) in [6.45, 7) is 2.17. The summed E-state index contributed by atoms with van der Waals surface area (Å²) in [6, 6.07) is 7.06. The van der Waals surface area contributed by atoms with Crippen LogP contribution in [0.15, 0.2) is 24.3 Å². The molecule has 17 heavy (non-hydrogen) atoms. The van der Waals surface area contributed by atoms with E-state index in [2.05, 4.69) is 6.92 Å². The number of para-hydroxylation sites is 2. The van der Waals surface area contributed by atoms with Crippen LogP contribution in [0.1, 0.15) is 45.4 Å². The van der Waals surface area contributed by atoms with Crippen molar-refractivity contribution in [3.05, 3.63) is 24.3 Å². The van der Waals surface area contributed by atoms with Crippen LogP contribution in [-0.4, -0.2) is 5.97 Å².